The van der Waals surface area contributed by atoms with Crippen molar-refractivity contribution in [3.05, 3.63) is 11.1 Å². The van der Waals surface area contributed by atoms with Gasteiger partial charge in [0.05, 0.1) is 0 Å². The molecule has 1 fully saturated rings. The Balaban J connectivity index is 2.26. The van der Waals surface area contributed by atoms with Crippen molar-refractivity contribution >= 4 is 0 Å². The van der Waals surface area contributed by atoms with Gasteiger partial charge in [0.15, 0.2) is 0 Å². The molecule has 0 heteroatoms. The molecule has 0 aliphatic heterocycles. The summed E-state index contributed by atoms with van der Waals surface area (Å²) in [5.41, 5.74) is 3.55. The molecule has 10 heavy (non-hydrogen) atoms. The van der Waals surface area contributed by atoms with Crippen molar-refractivity contribution in [3.8, 4) is 0 Å². The molecule has 2 aliphatic rings. The molecule has 0 aromatic heterocycles. The first-order chi connectivity index (χ1) is 4.83. The zero-order valence-electron chi connectivity index (χ0n) is 6.98. The summed E-state index contributed by atoms with van der Waals surface area (Å²) in [5.74, 6) is 2.03. The summed E-state index contributed by atoms with van der Waals surface area (Å²) in [6.45, 7) is 4.68. The summed E-state index contributed by atoms with van der Waals surface area (Å²) in [6.07, 6.45) is 5.74. The van der Waals surface area contributed by atoms with E-state index in [1.54, 1.807) is 11.1 Å². The molecule has 2 unspecified atom stereocenters. The third kappa shape index (κ3) is 0.680. The van der Waals surface area contributed by atoms with Crippen molar-refractivity contribution in [3.63, 3.8) is 0 Å². The van der Waals surface area contributed by atoms with E-state index in [1.165, 1.54) is 25.7 Å². The van der Waals surface area contributed by atoms with Gasteiger partial charge < -0.3 is 0 Å². The van der Waals surface area contributed by atoms with E-state index in [2.05, 4.69) is 13.8 Å². The zero-order valence-corrected chi connectivity index (χ0v) is 6.98. The van der Waals surface area contributed by atoms with Crippen LogP contribution < -0.4 is 0 Å². The second-order valence-corrected chi connectivity index (χ2v) is 3.80. The van der Waals surface area contributed by atoms with E-state index in [0.29, 0.717) is 0 Å². The van der Waals surface area contributed by atoms with E-state index in [4.69, 9.17) is 0 Å². The Bertz CT molecular complexity index is 176. The molecular formula is C10H16. The molecule has 0 amide bonds. The van der Waals surface area contributed by atoms with Gasteiger partial charge in [-0.1, -0.05) is 18.1 Å². The molecule has 0 N–H and O–H groups in total. The van der Waals surface area contributed by atoms with Crippen LogP contribution in [0.2, 0.25) is 0 Å². The van der Waals surface area contributed by atoms with E-state index >= 15 is 0 Å². The van der Waals surface area contributed by atoms with Crippen molar-refractivity contribution < 1.29 is 0 Å². The minimum atomic E-state index is 0.976. The van der Waals surface area contributed by atoms with Crippen molar-refractivity contribution in [1.29, 1.82) is 0 Å². The molecule has 0 radical (unpaired) electrons. The fourth-order valence-electron chi connectivity index (χ4n) is 2.84. The first-order valence-electron chi connectivity index (χ1n) is 4.51. The van der Waals surface area contributed by atoms with Gasteiger partial charge in [-0.05, 0) is 44.4 Å². The largest absolute Gasteiger partial charge is 0.0707 e. The molecule has 0 heterocycles. The lowest BCUT2D eigenvalue weighted by atomic mass is 9.85. The van der Waals surface area contributed by atoms with Crippen molar-refractivity contribution in [1.82, 2.24) is 0 Å². The summed E-state index contributed by atoms with van der Waals surface area (Å²) >= 11 is 0. The SMILES string of the molecule is CCC1C(C)=C2CCC1C2. The summed E-state index contributed by atoms with van der Waals surface area (Å²) < 4.78 is 0. The number of hydrogen-bond acceptors (Lipinski definition) is 0. The molecule has 2 rings (SSSR count). The van der Waals surface area contributed by atoms with Gasteiger partial charge in [0, 0.05) is 0 Å². The fraction of sp³-hybridized carbons (Fsp3) is 0.800. The van der Waals surface area contributed by atoms with Gasteiger partial charge in [-0.3, -0.25) is 0 Å². The molecule has 1 saturated carbocycles. The van der Waals surface area contributed by atoms with Gasteiger partial charge in [-0.2, -0.15) is 0 Å². The van der Waals surface area contributed by atoms with E-state index < -0.39 is 0 Å². The standard InChI is InChI=1S/C10H16/c1-3-10-7(2)8-4-5-9(10)6-8/h9-10H,3-6H2,1-2H3. The first kappa shape index (κ1) is 6.45. The highest BCUT2D eigenvalue weighted by molar-refractivity contribution is 5.27. The smallest absolute Gasteiger partial charge is 0.0174 e. The molecule has 2 atom stereocenters. The van der Waals surface area contributed by atoms with Crippen LogP contribution in [0.15, 0.2) is 11.1 Å². The Kier molecular flexibility index (Phi) is 1.36. The summed E-state index contributed by atoms with van der Waals surface area (Å²) in [4.78, 5) is 0. The van der Waals surface area contributed by atoms with Crippen LogP contribution in [0.25, 0.3) is 0 Å². The van der Waals surface area contributed by atoms with Gasteiger partial charge >= 0.3 is 0 Å². The predicted octanol–water partition coefficient (Wildman–Crippen LogP) is 3.14. The molecule has 0 saturated heterocycles. The fourth-order valence-corrected chi connectivity index (χ4v) is 2.84. The van der Waals surface area contributed by atoms with Crippen LogP contribution in [0.1, 0.15) is 39.5 Å². The highest BCUT2D eigenvalue weighted by Gasteiger charge is 2.35. The van der Waals surface area contributed by atoms with Crippen LogP contribution in [0, 0.1) is 11.8 Å². The predicted molar refractivity (Wildman–Crippen MR) is 43.8 cm³/mol. The second-order valence-electron chi connectivity index (χ2n) is 3.80. The van der Waals surface area contributed by atoms with Crippen LogP contribution in [0.3, 0.4) is 0 Å². The van der Waals surface area contributed by atoms with Crippen LogP contribution in [0.5, 0.6) is 0 Å². The van der Waals surface area contributed by atoms with Gasteiger partial charge in [-0.25, -0.2) is 0 Å². The Morgan fingerprint density at radius 1 is 1.50 bits per heavy atom. The lowest BCUT2D eigenvalue weighted by Gasteiger charge is -2.20. The van der Waals surface area contributed by atoms with E-state index in [-0.39, 0.29) is 0 Å². The molecular weight excluding hydrogens is 120 g/mol. The Labute approximate surface area is 63.3 Å². The van der Waals surface area contributed by atoms with Crippen LogP contribution >= 0.6 is 0 Å². The minimum absolute atomic E-state index is 0.976. The van der Waals surface area contributed by atoms with Crippen LogP contribution in [0.4, 0.5) is 0 Å². The summed E-state index contributed by atoms with van der Waals surface area (Å²) in [5, 5.41) is 0. The van der Waals surface area contributed by atoms with E-state index in [0.717, 1.165) is 11.8 Å². The normalized spacial score (nSPS) is 37.8. The van der Waals surface area contributed by atoms with Gasteiger partial charge in [0.1, 0.15) is 0 Å². The van der Waals surface area contributed by atoms with Gasteiger partial charge in [0.25, 0.3) is 0 Å². The number of allylic oxidation sites excluding steroid dienone is 2. The summed E-state index contributed by atoms with van der Waals surface area (Å²) in [7, 11) is 0. The van der Waals surface area contributed by atoms with Crippen LogP contribution in [-0.2, 0) is 0 Å². The molecule has 56 valence electrons. The molecule has 0 spiro atoms. The average Bonchev–Trinajstić information content (AvgIpc) is 2.46. The lowest BCUT2D eigenvalue weighted by Crippen LogP contribution is -2.09. The molecule has 0 nitrogen and oxygen atoms in total. The van der Waals surface area contributed by atoms with Crippen molar-refractivity contribution in [2.45, 2.75) is 39.5 Å². The molecule has 2 aliphatic carbocycles. The quantitative estimate of drug-likeness (QED) is 0.486. The maximum Gasteiger partial charge on any atom is -0.0174 e. The third-order valence-corrected chi connectivity index (χ3v) is 3.45. The maximum absolute atomic E-state index is 2.35. The van der Waals surface area contributed by atoms with E-state index in [9.17, 15) is 0 Å². The molecule has 2 bridgehead atoms. The lowest BCUT2D eigenvalue weighted by molar-refractivity contribution is 0.394. The molecule has 0 aromatic rings. The van der Waals surface area contributed by atoms with Gasteiger partial charge in [-0.15, -0.1) is 0 Å². The van der Waals surface area contributed by atoms with E-state index in [1.807, 2.05) is 0 Å². The maximum atomic E-state index is 2.35. The third-order valence-electron chi connectivity index (χ3n) is 3.45. The second kappa shape index (κ2) is 2.11. The Morgan fingerprint density at radius 2 is 2.30 bits per heavy atom. The van der Waals surface area contributed by atoms with Gasteiger partial charge in [0.2, 0.25) is 0 Å². The Hall–Kier alpha value is -0.260. The van der Waals surface area contributed by atoms with Crippen molar-refractivity contribution in [2.24, 2.45) is 11.8 Å². The van der Waals surface area contributed by atoms with Crippen LogP contribution in [-0.4, -0.2) is 0 Å². The molecule has 0 aromatic carbocycles. The van der Waals surface area contributed by atoms with Crippen molar-refractivity contribution in [2.75, 3.05) is 0 Å². The number of rotatable bonds is 1. The topological polar surface area (TPSA) is 0 Å². The zero-order chi connectivity index (χ0) is 7.14. The Morgan fingerprint density at radius 3 is 2.70 bits per heavy atom. The summed E-state index contributed by atoms with van der Waals surface area (Å²) in [6, 6.07) is 0. The minimum Gasteiger partial charge on any atom is -0.0707 e. The highest BCUT2D eigenvalue weighted by atomic mass is 14.4. The highest BCUT2D eigenvalue weighted by Crippen LogP contribution is 2.48. The number of fused-ring (bicyclic) bond motifs is 2. The number of hydrogen-bond donors (Lipinski definition) is 0. The monoisotopic (exact) mass is 136 g/mol. The average molecular weight is 136 g/mol. The first-order valence-corrected chi connectivity index (χ1v) is 4.51.